The van der Waals surface area contributed by atoms with Crippen molar-refractivity contribution in [1.82, 2.24) is 63.1 Å². The van der Waals surface area contributed by atoms with Crippen LogP contribution in [-0.4, -0.2) is 63.1 Å². The van der Waals surface area contributed by atoms with Crippen LogP contribution in [0.4, 0.5) is 0 Å². The predicted molar refractivity (Wildman–Crippen MR) is 403 cm³/mol. The molecule has 0 unspecified atom stereocenters. The van der Waals surface area contributed by atoms with Crippen LogP contribution in [0.1, 0.15) is 0 Å². The zero-order valence-corrected chi connectivity index (χ0v) is 53.6. The summed E-state index contributed by atoms with van der Waals surface area (Å²) in [6.07, 6.45) is 5.48. The highest BCUT2D eigenvalue weighted by molar-refractivity contribution is 6.29. The molecule has 12 aromatic carbocycles. The monoisotopic (exact) mass is 1280 g/mol. The highest BCUT2D eigenvalue weighted by Gasteiger charge is 2.24. The molecule has 0 atom stereocenters. The summed E-state index contributed by atoms with van der Waals surface area (Å²) in [4.78, 5) is 44.2. The van der Waals surface area contributed by atoms with E-state index in [1.807, 2.05) is 140 Å². The van der Waals surface area contributed by atoms with E-state index in [4.69, 9.17) is 44.9 Å². The molecule has 13 nitrogen and oxygen atoms in total. The van der Waals surface area contributed by atoms with E-state index in [2.05, 4.69) is 212 Å². The van der Waals surface area contributed by atoms with Crippen molar-refractivity contribution in [1.29, 1.82) is 0 Å². The molecule has 20 aromatic rings. The van der Waals surface area contributed by atoms with Crippen molar-refractivity contribution in [2.75, 3.05) is 0 Å². The second-order valence-electron chi connectivity index (χ2n) is 24.6. The number of pyridine rings is 1. The summed E-state index contributed by atoms with van der Waals surface area (Å²) in [5.41, 5.74) is 16.4. The normalized spacial score (nSPS) is 11.6. The van der Waals surface area contributed by atoms with Gasteiger partial charge in [0.2, 0.25) is 5.95 Å². The van der Waals surface area contributed by atoms with Crippen LogP contribution in [0.3, 0.4) is 0 Å². The molecule has 0 aliphatic heterocycles. The minimum absolute atomic E-state index is 0.516. The number of nitrogens with zero attached hydrogens (tertiary/aromatic N) is 13. The van der Waals surface area contributed by atoms with Gasteiger partial charge in [0.15, 0.2) is 34.9 Å². The zero-order valence-electron chi connectivity index (χ0n) is 53.6. The summed E-state index contributed by atoms with van der Waals surface area (Å²) in [6, 6.07) is 109. The molecule has 13 heteroatoms. The van der Waals surface area contributed by atoms with Crippen LogP contribution in [0.5, 0.6) is 0 Å². The van der Waals surface area contributed by atoms with E-state index < -0.39 is 0 Å². The Hall–Kier alpha value is -13.9. The zero-order chi connectivity index (χ0) is 66.0. The largest absolute Gasteiger partial charge is 0.309 e. The Bertz CT molecular complexity index is 6360. The van der Waals surface area contributed by atoms with Gasteiger partial charge in [-0.3, -0.25) is 9.13 Å². The smallest absolute Gasteiger partial charge is 0.234 e. The molecule has 0 fully saturated rings. The van der Waals surface area contributed by atoms with Crippen LogP contribution in [-0.2, 0) is 0 Å². The maximum Gasteiger partial charge on any atom is 0.234 e. The number of rotatable bonds is 10. The molecule has 0 saturated heterocycles. The molecule has 0 amide bonds. The fourth-order valence-corrected chi connectivity index (χ4v) is 14.2. The second-order valence-corrected chi connectivity index (χ2v) is 24.6. The van der Waals surface area contributed by atoms with Crippen molar-refractivity contribution in [3.63, 3.8) is 0 Å². The van der Waals surface area contributed by atoms with Crippen molar-refractivity contribution < 1.29 is 0 Å². The van der Waals surface area contributed by atoms with Gasteiger partial charge in [-0.25, -0.2) is 44.9 Å². The summed E-state index contributed by atoms with van der Waals surface area (Å²) in [6.45, 7) is 0. The maximum atomic E-state index is 5.06. The first-order valence-corrected chi connectivity index (χ1v) is 33.2. The van der Waals surface area contributed by atoms with E-state index in [1.165, 1.54) is 48.7 Å². The third kappa shape index (κ3) is 9.82. The van der Waals surface area contributed by atoms with E-state index in [1.54, 1.807) is 0 Å². The Morgan fingerprint density at radius 2 is 0.510 bits per heavy atom. The van der Waals surface area contributed by atoms with Gasteiger partial charge in [0.25, 0.3) is 0 Å². The van der Waals surface area contributed by atoms with Crippen LogP contribution < -0.4 is 0 Å². The highest BCUT2D eigenvalue weighted by Crippen LogP contribution is 2.44. The van der Waals surface area contributed by atoms with Crippen molar-refractivity contribution in [3.8, 4) is 91.5 Å². The SMILES string of the molecule is c1ccc(-c2nc(-c3ccccc3)nc(-c3ccc(-n4c5ccccc5c5cc6c7ccccc7n(-c7ccccc7)c6cc54)nc3)n2)cc1.c1ccc(-c2nc(-c3ccccc3)nc(-c3cnc(-n4c5ccccc5c5c6c7ccccc7n(-c7ccccc7)c6ccc54)nc3)n2)cc1. The second kappa shape index (κ2) is 24.1. The molecule has 100 heavy (non-hydrogen) atoms. The van der Waals surface area contributed by atoms with E-state index in [0.29, 0.717) is 46.5 Å². The fourth-order valence-electron chi connectivity index (χ4n) is 14.2. The van der Waals surface area contributed by atoms with E-state index in [9.17, 15) is 0 Å². The number of fused-ring (bicyclic) bond motifs is 13. The van der Waals surface area contributed by atoms with Crippen molar-refractivity contribution in [2.45, 2.75) is 0 Å². The molecule has 0 aliphatic carbocycles. The molecule has 8 heterocycles. The van der Waals surface area contributed by atoms with Gasteiger partial charge in [0.1, 0.15) is 5.82 Å². The van der Waals surface area contributed by atoms with Gasteiger partial charge in [0, 0.05) is 101 Å². The first-order valence-electron chi connectivity index (χ1n) is 33.2. The minimum Gasteiger partial charge on any atom is -0.309 e. The first-order chi connectivity index (χ1) is 49.6. The molecule has 468 valence electrons. The van der Waals surface area contributed by atoms with E-state index in [0.717, 1.165) is 83.5 Å². The lowest BCUT2D eigenvalue weighted by atomic mass is 10.1. The Balaban J connectivity index is 0.000000139. The molecule has 8 aromatic heterocycles. The van der Waals surface area contributed by atoms with Gasteiger partial charge in [-0.15, -0.1) is 0 Å². The lowest BCUT2D eigenvalue weighted by Gasteiger charge is -2.11. The van der Waals surface area contributed by atoms with E-state index in [-0.39, 0.29) is 0 Å². The van der Waals surface area contributed by atoms with Crippen molar-refractivity contribution >= 4 is 87.2 Å². The van der Waals surface area contributed by atoms with Gasteiger partial charge in [-0.1, -0.05) is 231 Å². The average Bonchev–Trinajstić information content (AvgIpc) is 1.56. The standard InChI is InChI=1S/C44H28N6.C43H27N7/c1-4-14-29(15-5-1)42-46-43(30-16-6-2-7-17-30)48-44(47-42)31-24-25-41(45-28-31)50-38-23-13-11-21-34(38)36-26-35-33-20-10-12-22-37(33)49(39(35)27-40(36)50)32-18-8-3-9-19-32;1-4-14-28(15-5-1)40-46-41(29-16-6-2-7-17-29)48-42(47-40)30-26-44-43(45-27-30)50-35-23-13-11-21-33(35)39-37(50)25-24-36-38(39)32-20-10-12-22-34(32)49(36)31-18-8-3-9-19-31/h1-28H;1-27H. The van der Waals surface area contributed by atoms with Crippen LogP contribution in [0.25, 0.3) is 179 Å². The lowest BCUT2D eigenvalue weighted by molar-refractivity contribution is 0.982. The first kappa shape index (κ1) is 57.5. The molecular weight excluding hydrogens is 1230 g/mol. The molecule has 0 N–H and O–H groups in total. The highest BCUT2D eigenvalue weighted by atomic mass is 15.2. The Kier molecular flexibility index (Phi) is 13.9. The number of hydrogen-bond donors (Lipinski definition) is 0. The Labute approximate surface area is 572 Å². The predicted octanol–water partition coefficient (Wildman–Crippen LogP) is 20.3. The molecule has 0 aliphatic rings. The van der Waals surface area contributed by atoms with Crippen LogP contribution in [0.2, 0.25) is 0 Å². The molecule has 0 spiro atoms. The van der Waals surface area contributed by atoms with Crippen molar-refractivity contribution in [2.24, 2.45) is 0 Å². The quantitative estimate of drug-likeness (QED) is 0.131. The topological polar surface area (TPSA) is 136 Å². The van der Waals surface area contributed by atoms with Gasteiger partial charge in [-0.2, -0.15) is 0 Å². The van der Waals surface area contributed by atoms with Gasteiger partial charge in [-0.05, 0) is 84.9 Å². The van der Waals surface area contributed by atoms with Crippen LogP contribution in [0.15, 0.2) is 334 Å². The molecule has 0 saturated carbocycles. The van der Waals surface area contributed by atoms with Crippen LogP contribution >= 0.6 is 0 Å². The molecule has 20 rings (SSSR count). The summed E-state index contributed by atoms with van der Waals surface area (Å²) >= 11 is 0. The summed E-state index contributed by atoms with van der Waals surface area (Å²) in [5, 5.41) is 9.56. The Morgan fingerprint density at radius 1 is 0.190 bits per heavy atom. The number of para-hydroxylation sites is 6. The lowest BCUT2D eigenvalue weighted by Crippen LogP contribution is -2.03. The fraction of sp³-hybridized carbons (Fsp3) is 0. The molecular formula is C87H55N13. The van der Waals surface area contributed by atoms with Gasteiger partial charge < -0.3 is 9.13 Å². The maximum absolute atomic E-state index is 5.06. The summed E-state index contributed by atoms with van der Waals surface area (Å²) < 4.78 is 9.13. The average molecular weight is 1280 g/mol. The number of benzene rings is 12. The van der Waals surface area contributed by atoms with Gasteiger partial charge >= 0.3 is 0 Å². The van der Waals surface area contributed by atoms with Crippen molar-refractivity contribution in [3.05, 3.63) is 334 Å². The number of hydrogen-bond acceptors (Lipinski definition) is 9. The summed E-state index contributed by atoms with van der Waals surface area (Å²) in [5.74, 6) is 4.93. The summed E-state index contributed by atoms with van der Waals surface area (Å²) in [7, 11) is 0. The van der Waals surface area contributed by atoms with E-state index >= 15 is 0 Å². The third-order valence-corrected chi connectivity index (χ3v) is 18.7. The minimum atomic E-state index is 0.516. The number of aromatic nitrogens is 13. The Morgan fingerprint density at radius 3 is 0.940 bits per heavy atom. The molecule has 0 radical (unpaired) electrons. The third-order valence-electron chi connectivity index (χ3n) is 18.7. The van der Waals surface area contributed by atoms with Gasteiger partial charge in [0.05, 0.1) is 49.7 Å². The molecule has 0 bridgehead atoms. The van der Waals surface area contributed by atoms with Crippen LogP contribution in [0, 0.1) is 0 Å².